The molecule has 0 aromatic heterocycles. The van der Waals surface area contributed by atoms with Crippen molar-refractivity contribution in [3.8, 4) is 5.75 Å². The molecule has 1 rings (SSSR count). The summed E-state index contributed by atoms with van der Waals surface area (Å²) in [6.07, 6.45) is 1.20. The van der Waals surface area contributed by atoms with Crippen LogP contribution in [0.4, 0.5) is 0 Å². The fraction of sp³-hybridized carbons (Fsp3) is 0.500. The van der Waals surface area contributed by atoms with Gasteiger partial charge in [0.05, 0.1) is 18.2 Å². The van der Waals surface area contributed by atoms with Gasteiger partial charge in [-0.2, -0.15) is 0 Å². The Hall–Kier alpha value is -0.730. The van der Waals surface area contributed by atoms with Crippen LogP contribution in [0.1, 0.15) is 25.0 Å². The zero-order chi connectivity index (χ0) is 11.4. The molecule has 0 heterocycles. The predicted octanol–water partition coefficient (Wildman–Crippen LogP) is 2.83. The Bertz CT molecular complexity index is 335. The molecule has 0 amide bonds. The van der Waals surface area contributed by atoms with E-state index in [0.717, 1.165) is 12.0 Å². The van der Waals surface area contributed by atoms with Crippen LogP contribution in [-0.4, -0.2) is 18.3 Å². The van der Waals surface area contributed by atoms with E-state index in [-0.39, 0.29) is 6.10 Å². The van der Waals surface area contributed by atoms with Crippen molar-refractivity contribution in [1.82, 2.24) is 0 Å². The molecule has 3 heteroatoms. The maximum Gasteiger partial charge on any atom is 0.137 e. The van der Waals surface area contributed by atoms with Crippen LogP contribution in [0.3, 0.4) is 0 Å². The standard InChI is InChI=1S/C12H17ClO2/c1-4-9-7-12(15-3)11(13)6-10(9)5-8(2)14/h6-8,14H,4-5H2,1-3H3. The van der Waals surface area contributed by atoms with E-state index in [9.17, 15) is 5.11 Å². The number of benzene rings is 1. The summed E-state index contributed by atoms with van der Waals surface area (Å²) >= 11 is 6.04. The van der Waals surface area contributed by atoms with Crippen LogP contribution in [0, 0.1) is 0 Å². The number of rotatable bonds is 4. The third-order valence-corrected chi connectivity index (χ3v) is 2.67. The van der Waals surface area contributed by atoms with Gasteiger partial charge >= 0.3 is 0 Å². The van der Waals surface area contributed by atoms with Crippen LogP contribution >= 0.6 is 11.6 Å². The average Bonchev–Trinajstić information content (AvgIpc) is 2.17. The van der Waals surface area contributed by atoms with E-state index in [1.165, 1.54) is 5.56 Å². The number of methoxy groups -OCH3 is 1. The Kier molecular flexibility index (Phi) is 4.43. The van der Waals surface area contributed by atoms with Crippen LogP contribution in [0.25, 0.3) is 0 Å². The van der Waals surface area contributed by atoms with Gasteiger partial charge in [0.25, 0.3) is 0 Å². The van der Waals surface area contributed by atoms with Gasteiger partial charge in [-0.25, -0.2) is 0 Å². The molecule has 1 N–H and O–H groups in total. The highest BCUT2D eigenvalue weighted by Crippen LogP contribution is 2.29. The Labute approximate surface area is 95.8 Å². The molecule has 0 radical (unpaired) electrons. The first kappa shape index (κ1) is 12.3. The largest absolute Gasteiger partial charge is 0.495 e. The highest BCUT2D eigenvalue weighted by atomic mass is 35.5. The van der Waals surface area contributed by atoms with Crippen molar-refractivity contribution in [2.45, 2.75) is 32.8 Å². The van der Waals surface area contributed by atoms with Gasteiger partial charge in [-0.1, -0.05) is 18.5 Å². The second kappa shape index (κ2) is 5.38. The fourth-order valence-electron chi connectivity index (χ4n) is 1.63. The molecule has 0 bridgehead atoms. The summed E-state index contributed by atoms with van der Waals surface area (Å²) in [5, 5.41) is 9.97. The van der Waals surface area contributed by atoms with Crippen LogP contribution in [0.15, 0.2) is 12.1 Å². The first-order valence-electron chi connectivity index (χ1n) is 5.11. The first-order valence-corrected chi connectivity index (χ1v) is 5.49. The maximum atomic E-state index is 9.37. The molecule has 0 aliphatic carbocycles. The summed E-state index contributed by atoms with van der Waals surface area (Å²) in [5.41, 5.74) is 2.27. The predicted molar refractivity (Wildman–Crippen MR) is 62.8 cm³/mol. The molecular weight excluding hydrogens is 212 g/mol. The van der Waals surface area contributed by atoms with Crippen LogP contribution in [0.2, 0.25) is 5.02 Å². The zero-order valence-electron chi connectivity index (χ0n) is 9.38. The monoisotopic (exact) mass is 228 g/mol. The van der Waals surface area contributed by atoms with E-state index in [2.05, 4.69) is 6.92 Å². The van der Waals surface area contributed by atoms with Gasteiger partial charge in [0.2, 0.25) is 0 Å². The Morgan fingerprint density at radius 3 is 2.53 bits per heavy atom. The first-order chi connectivity index (χ1) is 7.08. The van der Waals surface area contributed by atoms with Gasteiger partial charge < -0.3 is 9.84 Å². The lowest BCUT2D eigenvalue weighted by Crippen LogP contribution is -2.07. The SMILES string of the molecule is CCc1cc(OC)c(Cl)cc1CC(C)O. The number of ether oxygens (including phenoxy) is 1. The third kappa shape index (κ3) is 3.11. The van der Waals surface area contributed by atoms with Gasteiger partial charge in [-0.3, -0.25) is 0 Å². The van der Waals surface area contributed by atoms with Crippen molar-refractivity contribution in [2.75, 3.05) is 7.11 Å². The molecule has 84 valence electrons. The highest BCUT2D eigenvalue weighted by Gasteiger charge is 2.09. The summed E-state index contributed by atoms with van der Waals surface area (Å²) in [7, 11) is 1.61. The van der Waals surface area contributed by atoms with Crippen LogP contribution in [0.5, 0.6) is 5.75 Å². The second-order valence-corrected chi connectivity index (χ2v) is 4.07. The molecular formula is C12H17ClO2. The summed E-state index contributed by atoms with van der Waals surface area (Å²) < 4.78 is 5.15. The third-order valence-electron chi connectivity index (χ3n) is 2.37. The molecule has 0 saturated carbocycles. The number of aliphatic hydroxyl groups excluding tert-OH is 1. The summed E-state index contributed by atoms with van der Waals surface area (Å²) in [5.74, 6) is 0.697. The second-order valence-electron chi connectivity index (χ2n) is 3.66. The van der Waals surface area contributed by atoms with Crippen molar-refractivity contribution in [2.24, 2.45) is 0 Å². The Morgan fingerprint density at radius 2 is 2.07 bits per heavy atom. The topological polar surface area (TPSA) is 29.5 Å². The minimum atomic E-state index is -0.347. The Balaban J connectivity index is 3.09. The van der Waals surface area contributed by atoms with Gasteiger partial charge in [0.1, 0.15) is 5.75 Å². The number of aliphatic hydroxyl groups is 1. The van der Waals surface area contributed by atoms with E-state index in [1.807, 2.05) is 12.1 Å². The van der Waals surface area contributed by atoms with E-state index in [4.69, 9.17) is 16.3 Å². The number of hydrogen-bond donors (Lipinski definition) is 1. The smallest absolute Gasteiger partial charge is 0.137 e. The minimum Gasteiger partial charge on any atom is -0.495 e. The lowest BCUT2D eigenvalue weighted by molar-refractivity contribution is 0.195. The maximum absolute atomic E-state index is 9.37. The molecule has 1 unspecified atom stereocenters. The minimum absolute atomic E-state index is 0.347. The molecule has 15 heavy (non-hydrogen) atoms. The van der Waals surface area contributed by atoms with Gasteiger partial charge in [-0.15, -0.1) is 0 Å². The quantitative estimate of drug-likeness (QED) is 0.859. The average molecular weight is 229 g/mol. The van der Waals surface area contributed by atoms with Crippen molar-refractivity contribution in [1.29, 1.82) is 0 Å². The highest BCUT2D eigenvalue weighted by molar-refractivity contribution is 6.32. The van der Waals surface area contributed by atoms with Crippen LogP contribution < -0.4 is 4.74 Å². The molecule has 1 aromatic carbocycles. The van der Waals surface area contributed by atoms with Crippen molar-refractivity contribution >= 4 is 11.6 Å². The zero-order valence-corrected chi connectivity index (χ0v) is 10.1. The normalized spacial score (nSPS) is 12.6. The molecule has 0 aliphatic heterocycles. The molecule has 0 saturated heterocycles. The molecule has 2 nitrogen and oxygen atoms in total. The lowest BCUT2D eigenvalue weighted by Gasteiger charge is -2.13. The van der Waals surface area contributed by atoms with Crippen molar-refractivity contribution in [3.05, 3.63) is 28.3 Å². The molecule has 1 aromatic rings. The van der Waals surface area contributed by atoms with Crippen molar-refractivity contribution in [3.63, 3.8) is 0 Å². The molecule has 0 aliphatic rings. The summed E-state index contributed by atoms with van der Waals surface area (Å²) in [4.78, 5) is 0. The molecule has 0 spiro atoms. The number of aryl methyl sites for hydroxylation is 1. The Morgan fingerprint density at radius 1 is 1.40 bits per heavy atom. The van der Waals surface area contributed by atoms with E-state index < -0.39 is 0 Å². The van der Waals surface area contributed by atoms with Crippen LogP contribution in [-0.2, 0) is 12.8 Å². The van der Waals surface area contributed by atoms with Gasteiger partial charge in [0.15, 0.2) is 0 Å². The van der Waals surface area contributed by atoms with E-state index in [1.54, 1.807) is 14.0 Å². The fourth-order valence-corrected chi connectivity index (χ4v) is 1.89. The summed E-state index contributed by atoms with van der Waals surface area (Å²) in [6, 6.07) is 3.83. The number of hydrogen-bond acceptors (Lipinski definition) is 2. The van der Waals surface area contributed by atoms with Crippen molar-refractivity contribution < 1.29 is 9.84 Å². The molecule has 0 fully saturated rings. The summed E-state index contributed by atoms with van der Waals surface area (Å²) in [6.45, 7) is 3.85. The lowest BCUT2D eigenvalue weighted by atomic mass is 10.00. The molecule has 1 atom stereocenters. The van der Waals surface area contributed by atoms with Gasteiger partial charge in [0, 0.05) is 0 Å². The van der Waals surface area contributed by atoms with E-state index >= 15 is 0 Å². The van der Waals surface area contributed by atoms with E-state index in [0.29, 0.717) is 17.2 Å². The number of halogens is 1. The van der Waals surface area contributed by atoms with Gasteiger partial charge in [-0.05, 0) is 43.0 Å².